The van der Waals surface area contributed by atoms with Crippen LogP contribution in [0.4, 0.5) is 19.0 Å². The summed E-state index contributed by atoms with van der Waals surface area (Å²) in [5.74, 6) is 0.211. The molecule has 0 saturated carbocycles. The van der Waals surface area contributed by atoms with Gasteiger partial charge in [0, 0.05) is 38.8 Å². The third-order valence-electron chi connectivity index (χ3n) is 5.59. The molecular formula is C23H27F3N4O2. The number of alkyl halides is 3. The second-order valence-electron chi connectivity index (χ2n) is 7.67. The van der Waals surface area contributed by atoms with Gasteiger partial charge in [0.1, 0.15) is 5.82 Å². The van der Waals surface area contributed by atoms with Gasteiger partial charge >= 0.3 is 6.18 Å². The summed E-state index contributed by atoms with van der Waals surface area (Å²) in [6.45, 7) is 6.18. The minimum atomic E-state index is -4.50. The normalized spacial score (nSPS) is 15.0. The first-order valence-electron chi connectivity index (χ1n) is 10.7. The highest BCUT2D eigenvalue weighted by Gasteiger charge is 2.32. The predicted octanol–water partition coefficient (Wildman–Crippen LogP) is 4.04. The van der Waals surface area contributed by atoms with Gasteiger partial charge in [0.25, 0.3) is 5.91 Å². The average molecular weight is 448 g/mol. The molecule has 0 aliphatic carbocycles. The van der Waals surface area contributed by atoms with E-state index < -0.39 is 23.7 Å². The molecule has 1 fully saturated rings. The van der Waals surface area contributed by atoms with Crippen molar-refractivity contribution in [3.05, 3.63) is 59.3 Å². The number of amides is 2. The van der Waals surface area contributed by atoms with Crippen molar-refractivity contribution in [3.63, 3.8) is 0 Å². The Bertz CT molecular complexity index is 943. The number of nitrogens with zero attached hydrogens (tertiary/aromatic N) is 3. The molecule has 172 valence electrons. The molecule has 1 aliphatic heterocycles. The molecule has 0 radical (unpaired) electrons. The molecule has 6 nitrogen and oxygen atoms in total. The summed E-state index contributed by atoms with van der Waals surface area (Å²) >= 11 is 0. The molecule has 0 bridgehead atoms. The number of hydrogen-bond donors (Lipinski definition) is 1. The van der Waals surface area contributed by atoms with E-state index in [0.29, 0.717) is 30.5 Å². The van der Waals surface area contributed by atoms with Gasteiger partial charge in [-0.2, -0.15) is 13.2 Å². The monoisotopic (exact) mass is 448 g/mol. The molecule has 2 aromatic rings. The molecular weight excluding hydrogens is 421 g/mol. The Morgan fingerprint density at radius 2 is 1.97 bits per heavy atom. The van der Waals surface area contributed by atoms with Gasteiger partial charge in [-0.3, -0.25) is 9.59 Å². The molecule has 1 unspecified atom stereocenters. The summed E-state index contributed by atoms with van der Waals surface area (Å²) in [6.07, 6.45) is -1.95. The number of hydrogen-bond acceptors (Lipinski definition) is 4. The first-order valence-corrected chi connectivity index (χ1v) is 10.7. The van der Waals surface area contributed by atoms with Crippen molar-refractivity contribution in [2.75, 3.05) is 31.1 Å². The maximum absolute atomic E-state index is 13.2. The van der Waals surface area contributed by atoms with E-state index in [1.165, 1.54) is 18.3 Å². The molecule has 9 heteroatoms. The third-order valence-corrected chi connectivity index (χ3v) is 5.59. The standard InChI is InChI=1S/C23H27F3N4O2/c1-3-29(4-2)20-11-10-17(14-27-20)22(32)28-19(15-30-12-6-9-21(30)31)16-7-5-8-18(13-16)23(24,25)26/h5,7-8,10-11,13-14,19H,3-4,6,9,12,15H2,1-2H3,(H,28,32). The van der Waals surface area contributed by atoms with E-state index >= 15 is 0 Å². The smallest absolute Gasteiger partial charge is 0.357 e. The molecule has 3 rings (SSSR count). The summed E-state index contributed by atoms with van der Waals surface area (Å²) in [5.41, 5.74) is -0.210. The molecule has 0 spiro atoms. The van der Waals surface area contributed by atoms with E-state index in [1.54, 1.807) is 17.0 Å². The second-order valence-corrected chi connectivity index (χ2v) is 7.67. The zero-order valence-electron chi connectivity index (χ0n) is 18.2. The van der Waals surface area contributed by atoms with Gasteiger partial charge in [-0.25, -0.2) is 4.98 Å². The number of nitrogens with one attached hydrogen (secondary N) is 1. The summed E-state index contributed by atoms with van der Waals surface area (Å²) in [6, 6.07) is 7.44. The SMILES string of the molecule is CCN(CC)c1ccc(C(=O)NC(CN2CCCC2=O)c2cccc(C(F)(F)F)c2)cn1. The highest BCUT2D eigenvalue weighted by atomic mass is 19.4. The van der Waals surface area contributed by atoms with Gasteiger partial charge in [0.05, 0.1) is 17.2 Å². The Balaban J connectivity index is 1.84. The van der Waals surface area contributed by atoms with Gasteiger partial charge in [0.15, 0.2) is 0 Å². The van der Waals surface area contributed by atoms with Crippen molar-refractivity contribution in [2.45, 2.75) is 38.9 Å². The van der Waals surface area contributed by atoms with Crippen LogP contribution in [0.3, 0.4) is 0 Å². The number of aromatic nitrogens is 1. The van der Waals surface area contributed by atoms with Crippen LogP contribution < -0.4 is 10.2 Å². The van der Waals surface area contributed by atoms with E-state index in [0.717, 1.165) is 31.0 Å². The Morgan fingerprint density at radius 1 is 1.22 bits per heavy atom. The minimum Gasteiger partial charge on any atom is -0.357 e. The van der Waals surface area contributed by atoms with Crippen molar-refractivity contribution in [2.24, 2.45) is 0 Å². The van der Waals surface area contributed by atoms with Crippen molar-refractivity contribution >= 4 is 17.6 Å². The molecule has 1 atom stereocenters. The quantitative estimate of drug-likeness (QED) is 0.662. The van der Waals surface area contributed by atoms with Crippen LogP contribution in [-0.2, 0) is 11.0 Å². The number of carbonyl (C=O) groups is 2. The largest absolute Gasteiger partial charge is 0.416 e. The van der Waals surface area contributed by atoms with Crippen molar-refractivity contribution in [3.8, 4) is 0 Å². The number of likely N-dealkylation sites (tertiary alicyclic amines) is 1. The fourth-order valence-corrected chi connectivity index (χ4v) is 3.78. The van der Waals surface area contributed by atoms with Crippen molar-refractivity contribution in [1.82, 2.24) is 15.2 Å². The van der Waals surface area contributed by atoms with Crippen LogP contribution in [0.25, 0.3) is 0 Å². The van der Waals surface area contributed by atoms with E-state index in [4.69, 9.17) is 0 Å². The molecule has 32 heavy (non-hydrogen) atoms. The maximum atomic E-state index is 13.2. The lowest BCUT2D eigenvalue weighted by atomic mass is 10.0. The van der Waals surface area contributed by atoms with Gasteiger partial charge in [-0.05, 0) is 50.1 Å². The predicted molar refractivity (Wildman–Crippen MR) is 115 cm³/mol. The lowest BCUT2D eigenvalue weighted by Crippen LogP contribution is -2.38. The highest BCUT2D eigenvalue weighted by Crippen LogP contribution is 2.31. The molecule has 1 aliphatic rings. The molecule has 1 N–H and O–H groups in total. The Labute approximate surface area is 185 Å². The Kier molecular flexibility index (Phi) is 7.37. The first-order chi connectivity index (χ1) is 15.2. The van der Waals surface area contributed by atoms with Crippen molar-refractivity contribution in [1.29, 1.82) is 0 Å². The van der Waals surface area contributed by atoms with Crippen LogP contribution in [-0.4, -0.2) is 47.9 Å². The van der Waals surface area contributed by atoms with Crippen LogP contribution in [0.2, 0.25) is 0 Å². The number of pyridine rings is 1. The molecule has 2 heterocycles. The average Bonchev–Trinajstić information content (AvgIpc) is 3.18. The summed E-state index contributed by atoms with van der Waals surface area (Å²) in [7, 11) is 0. The van der Waals surface area contributed by atoms with Crippen molar-refractivity contribution < 1.29 is 22.8 Å². The van der Waals surface area contributed by atoms with Crippen LogP contribution in [0.1, 0.15) is 54.2 Å². The molecule has 2 amide bonds. The second kappa shape index (κ2) is 10.0. The number of carbonyl (C=O) groups excluding carboxylic acids is 2. The third kappa shape index (κ3) is 5.57. The maximum Gasteiger partial charge on any atom is 0.416 e. The van der Waals surface area contributed by atoms with Crippen LogP contribution in [0.5, 0.6) is 0 Å². The van der Waals surface area contributed by atoms with Crippen LogP contribution >= 0.6 is 0 Å². The highest BCUT2D eigenvalue weighted by molar-refractivity contribution is 5.94. The number of benzene rings is 1. The van der Waals surface area contributed by atoms with Crippen LogP contribution in [0.15, 0.2) is 42.6 Å². The van der Waals surface area contributed by atoms with E-state index in [-0.39, 0.29) is 12.5 Å². The summed E-state index contributed by atoms with van der Waals surface area (Å²) < 4.78 is 39.7. The van der Waals surface area contributed by atoms with Gasteiger partial charge in [-0.15, -0.1) is 0 Å². The fraction of sp³-hybridized carbons (Fsp3) is 0.435. The topological polar surface area (TPSA) is 65.5 Å². The summed E-state index contributed by atoms with van der Waals surface area (Å²) in [4.78, 5) is 32.9. The lowest BCUT2D eigenvalue weighted by molar-refractivity contribution is -0.137. The van der Waals surface area contributed by atoms with E-state index in [2.05, 4.69) is 10.3 Å². The van der Waals surface area contributed by atoms with E-state index in [9.17, 15) is 22.8 Å². The van der Waals surface area contributed by atoms with Gasteiger partial charge in [0.2, 0.25) is 5.91 Å². The molecule has 1 aromatic carbocycles. The lowest BCUT2D eigenvalue weighted by Gasteiger charge is -2.26. The van der Waals surface area contributed by atoms with E-state index in [1.807, 2.05) is 18.7 Å². The Morgan fingerprint density at radius 3 is 2.53 bits per heavy atom. The van der Waals surface area contributed by atoms with Gasteiger partial charge in [-0.1, -0.05) is 12.1 Å². The zero-order valence-corrected chi connectivity index (χ0v) is 18.2. The number of halogens is 3. The minimum absolute atomic E-state index is 0.0681. The fourth-order valence-electron chi connectivity index (χ4n) is 3.78. The first kappa shape index (κ1) is 23.6. The number of anilines is 1. The van der Waals surface area contributed by atoms with Gasteiger partial charge < -0.3 is 15.1 Å². The molecule has 1 saturated heterocycles. The molecule has 1 aromatic heterocycles. The summed E-state index contributed by atoms with van der Waals surface area (Å²) in [5, 5.41) is 2.80. The Hall–Kier alpha value is -3.10. The zero-order chi connectivity index (χ0) is 23.3. The van der Waals surface area contributed by atoms with Crippen LogP contribution in [0, 0.1) is 0 Å². The number of rotatable bonds is 8.